The third-order valence-electron chi connectivity index (χ3n) is 1.46. The van der Waals surface area contributed by atoms with Gasteiger partial charge in [-0.1, -0.05) is 47.5 Å². The molecule has 0 amide bonds. The number of unbranched alkanes of at least 4 members (excludes halogenated alkanes) is 3. The van der Waals surface area contributed by atoms with Crippen molar-refractivity contribution < 1.29 is 0 Å². The highest BCUT2D eigenvalue weighted by Crippen LogP contribution is 1.98. The molecule has 0 bridgehead atoms. The molecule has 78 valence electrons. The van der Waals surface area contributed by atoms with Crippen LogP contribution in [0, 0.1) is 0 Å². The fourth-order valence-corrected chi connectivity index (χ4v) is 0.855. The first-order valence-corrected chi connectivity index (χ1v) is 4.92. The average molecular weight is 175 g/mol. The van der Waals surface area contributed by atoms with E-state index in [0.717, 1.165) is 0 Å². The minimum absolute atomic E-state index is 0. The van der Waals surface area contributed by atoms with Crippen molar-refractivity contribution >= 4 is 0 Å². The van der Waals surface area contributed by atoms with Gasteiger partial charge in [0.25, 0.3) is 0 Å². The van der Waals surface area contributed by atoms with E-state index in [9.17, 15) is 0 Å². The predicted molar refractivity (Wildman–Crippen MR) is 60.8 cm³/mol. The summed E-state index contributed by atoms with van der Waals surface area (Å²) in [5, 5.41) is 0. The molecule has 0 aromatic carbocycles. The quantitative estimate of drug-likeness (QED) is 0.575. The van der Waals surface area contributed by atoms with Gasteiger partial charge in [-0.3, -0.25) is 0 Å². The van der Waals surface area contributed by atoms with Crippen molar-refractivity contribution in [1.29, 1.82) is 0 Å². The second kappa shape index (κ2) is 17.2. The summed E-state index contributed by atoms with van der Waals surface area (Å²) in [7, 11) is 4.26. The smallest absolute Gasteiger partial charge is 0.00248 e. The van der Waals surface area contributed by atoms with Crippen molar-refractivity contribution in [3.05, 3.63) is 0 Å². The van der Waals surface area contributed by atoms with Gasteiger partial charge < -0.3 is 4.90 Å². The molecule has 0 aromatic rings. The molecule has 1 nitrogen and oxygen atoms in total. The number of rotatable bonds is 5. The normalized spacial score (nSPS) is 8.50. The molecule has 0 atom stereocenters. The van der Waals surface area contributed by atoms with Crippen LogP contribution >= 0.6 is 0 Å². The fourth-order valence-electron chi connectivity index (χ4n) is 0.855. The van der Waals surface area contributed by atoms with E-state index in [1.54, 1.807) is 0 Å². The van der Waals surface area contributed by atoms with Crippen LogP contribution in [-0.2, 0) is 0 Å². The minimum Gasteiger partial charge on any atom is -0.309 e. The molecule has 0 spiro atoms. The zero-order valence-electron chi connectivity index (χ0n) is 8.98. The summed E-state index contributed by atoms with van der Waals surface area (Å²) in [6.07, 6.45) is 5.50. The van der Waals surface area contributed by atoms with Gasteiger partial charge in [0.1, 0.15) is 0 Å². The Labute approximate surface area is 80.2 Å². The van der Waals surface area contributed by atoms with Crippen molar-refractivity contribution in [2.24, 2.45) is 0 Å². The van der Waals surface area contributed by atoms with Gasteiger partial charge in [-0.25, -0.2) is 0 Å². The summed E-state index contributed by atoms with van der Waals surface area (Å²) in [5.74, 6) is 0. The second-order valence-corrected chi connectivity index (χ2v) is 2.86. The Kier molecular flexibility index (Phi) is 25.6. The van der Waals surface area contributed by atoms with Crippen LogP contribution in [0.2, 0.25) is 0 Å². The summed E-state index contributed by atoms with van der Waals surface area (Å²) in [6.45, 7) is 7.50. The number of hydrogen-bond donors (Lipinski definition) is 0. The first-order chi connectivity index (χ1) is 5.27. The van der Waals surface area contributed by atoms with Crippen LogP contribution in [0.4, 0.5) is 0 Å². The lowest BCUT2D eigenvalue weighted by molar-refractivity contribution is 0.391. The van der Waals surface area contributed by atoms with Crippen molar-refractivity contribution in [2.75, 3.05) is 20.6 Å². The highest BCUT2D eigenvalue weighted by molar-refractivity contribution is 4.44. The molecule has 0 saturated carbocycles. The van der Waals surface area contributed by atoms with E-state index < -0.39 is 0 Å². The SMILES string of the molecule is C.CC.CCCCCCN(C)C. The summed E-state index contributed by atoms with van der Waals surface area (Å²) in [6, 6.07) is 0. The molecule has 0 aliphatic carbocycles. The topological polar surface area (TPSA) is 3.24 Å². The van der Waals surface area contributed by atoms with Gasteiger partial charge in [-0.2, -0.15) is 0 Å². The Morgan fingerprint density at radius 1 is 0.917 bits per heavy atom. The van der Waals surface area contributed by atoms with Gasteiger partial charge in [0.2, 0.25) is 0 Å². The molecule has 0 fully saturated rings. The Balaban J connectivity index is -0.000000249. The second-order valence-electron chi connectivity index (χ2n) is 2.86. The zero-order chi connectivity index (χ0) is 9.11. The van der Waals surface area contributed by atoms with Gasteiger partial charge in [0, 0.05) is 0 Å². The Hall–Kier alpha value is -0.0400. The molecular weight excluding hydrogens is 146 g/mol. The fraction of sp³-hybridized carbons (Fsp3) is 1.00. The van der Waals surface area contributed by atoms with Crippen molar-refractivity contribution in [2.45, 2.75) is 53.9 Å². The van der Waals surface area contributed by atoms with Crippen LogP contribution in [0.15, 0.2) is 0 Å². The van der Waals surface area contributed by atoms with Gasteiger partial charge in [0.15, 0.2) is 0 Å². The van der Waals surface area contributed by atoms with E-state index in [4.69, 9.17) is 0 Å². The lowest BCUT2D eigenvalue weighted by atomic mass is 10.2. The molecule has 0 unspecified atom stereocenters. The van der Waals surface area contributed by atoms with E-state index in [-0.39, 0.29) is 7.43 Å². The van der Waals surface area contributed by atoms with Gasteiger partial charge in [-0.05, 0) is 27.1 Å². The van der Waals surface area contributed by atoms with Crippen LogP contribution in [-0.4, -0.2) is 25.5 Å². The van der Waals surface area contributed by atoms with E-state index in [1.807, 2.05) is 13.8 Å². The Morgan fingerprint density at radius 3 is 1.75 bits per heavy atom. The first kappa shape index (κ1) is 17.9. The van der Waals surface area contributed by atoms with Crippen LogP contribution in [0.5, 0.6) is 0 Å². The maximum Gasteiger partial charge on any atom is -0.00248 e. The zero-order valence-corrected chi connectivity index (χ0v) is 8.98. The highest BCUT2D eigenvalue weighted by Gasteiger charge is 1.88. The summed E-state index contributed by atoms with van der Waals surface area (Å²) in [4.78, 5) is 2.25. The predicted octanol–water partition coefficient (Wildman–Crippen LogP) is 3.79. The van der Waals surface area contributed by atoms with E-state index in [0.29, 0.717) is 0 Å². The molecule has 0 N–H and O–H groups in total. The third kappa shape index (κ3) is 22.5. The molecule has 0 radical (unpaired) electrons. The van der Waals surface area contributed by atoms with Crippen LogP contribution in [0.1, 0.15) is 53.9 Å². The van der Waals surface area contributed by atoms with Gasteiger partial charge in [0.05, 0.1) is 0 Å². The van der Waals surface area contributed by atoms with E-state index in [2.05, 4.69) is 25.9 Å². The largest absolute Gasteiger partial charge is 0.309 e. The van der Waals surface area contributed by atoms with Crippen molar-refractivity contribution in [3.63, 3.8) is 0 Å². The Bertz CT molecular complexity index is 51.0. The van der Waals surface area contributed by atoms with Crippen LogP contribution < -0.4 is 0 Å². The van der Waals surface area contributed by atoms with Crippen molar-refractivity contribution in [3.8, 4) is 0 Å². The lowest BCUT2D eigenvalue weighted by Crippen LogP contribution is -2.12. The standard InChI is InChI=1S/C8H19N.C2H6.CH4/c1-4-5-6-7-8-9(2)3;1-2;/h4-8H2,1-3H3;1-2H3;1H4. The molecule has 0 saturated heterocycles. The van der Waals surface area contributed by atoms with Gasteiger partial charge in [-0.15, -0.1) is 0 Å². The minimum atomic E-state index is 0. The Morgan fingerprint density at radius 2 is 1.42 bits per heavy atom. The van der Waals surface area contributed by atoms with Gasteiger partial charge >= 0.3 is 0 Å². The maximum absolute atomic E-state index is 2.25. The summed E-state index contributed by atoms with van der Waals surface area (Å²) >= 11 is 0. The number of nitrogens with zero attached hydrogens (tertiary/aromatic N) is 1. The van der Waals surface area contributed by atoms with Crippen LogP contribution in [0.25, 0.3) is 0 Å². The highest BCUT2D eigenvalue weighted by atomic mass is 15.0. The molecule has 0 rings (SSSR count). The first-order valence-electron chi connectivity index (χ1n) is 4.92. The lowest BCUT2D eigenvalue weighted by Gasteiger charge is -2.07. The third-order valence-corrected chi connectivity index (χ3v) is 1.46. The maximum atomic E-state index is 2.25. The summed E-state index contributed by atoms with van der Waals surface area (Å²) < 4.78 is 0. The molecule has 12 heavy (non-hydrogen) atoms. The molecule has 1 heteroatoms. The molecule has 0 aromatic heterocycles. The van der Waals surface area contributed by atoms with Crippen molar-refractivity contribution in [1.82, 2.24) is 4.90 Å². The number of hydrogen-bond acceptors (Lipinski definition) is 1. The van der Waals surface area contributed by atoms with Crippen LogP contribution in [0.3, 0.4) is 0 Å². The molecule has 0 heterocycles. The molecule has 0 aliphatic rings. The monoisotopic (exact) mass is 175 g/mol. The van der Waals surface area contributed by atoms with E-state index >= 15 is 0 Å². The average Bonchev–Trinajstić information content (AvgIpc) is 2.02. The molecule has 0 aliphatic heterocycles. The summed E-state index contributed by atoms with van der Waals surface area (Å²) in [5.41, 5.74) is 0. The molecular formula is C11H29N. The van der Waals surface area contributed by atoms with E-state index in [1.165, 1.54) is 32.2 Å².